The fourth-order valence-electron chi connectivity index (χ4n) is 5.61. The maximum Gasteiger partial charge on any atom is 0.247 e. The highest BCUT2D eigenvalue weighted by Crippen LogP contribution is 2.50. The summed E-state index contributed by atoms with van der Waals surface area (Å²) in [7, 11) is 0. The first kappa shape index (κ1) is 14.7. The zero-order chi connectivity index (χ0) is 15.1. The van der Waals surface area contributed by atoms with Crippen molar-refractivity contribution in [3.05, 3.63) is 0 Å². The van der Waals surface area contributed by atoms with Gasteiger partial charge in [-0.25, -0.2) is 10.4 Å². The van der Waals surface area contributed by atoms with E-state index in [1.54, 1.807) is 0 Å². The second kappa shape index (κ2) is 5.95. The second-order valence-electron chi connectivity index (χ2n) is 7.89. The molecule has 2 atom stereocenters. The number of hydrogen-bond donors (Lipinski definition) is 1. The fraction of sp³-hybridized carbons (Fsp3) is 0.889. The number of carbonyl (C=O) groups excluding carboxylic acids is 2. The van der Waals surface area contributed by atoms with Crippen molar-refractivity contribution < 1.29 is 9.59 Å². The molecule has 4 heteroatoms. The number of hydrogen-bond acceptors (Lipinski definition) is 3. The molecule has 0 unspecified atom stereocenters. The van der Waals surface area contributed by atoms with Crippen LogP contribution in [0.25, 0.3) is 0 Å². The van der Waals surface area contributed by atoms with Crippen LogP contribution < -0.4 is 5.43 Å². The van der Waals surface area contributed by atoms with E-state index in [4.69, 9.17) is 0 Å². The van der Waals surface area contributed by atoms with Gasteiger partial charge in [0, 0.05) is 17.9 Å². The minimum Gasteiger partial charge on any atom is -0.273 e. The second-order valence-corrected chi connectivity index (χ2v) is 7.89. The van der Waals surface area contributed by atoms with Crippen molar-refractivity contribution in [1.29, 1.82) is 0 Å². The number of amides is 2. The maximum absolute atomic E-state index is 12.9. The third-order valence-corrected chi connectivity index (χ3v) is 6.65. The van der Waals surface area contributed by atoms with Crippen LogP contribution in [0.15, 0.2) is 0 Å². The van der Waals surface area contributed by atoms with E-state index in [0.717, 1.165) is 38.5 Å². The fourth-order valence-corrected chi connectivity index (χ4v) is 5.61. The van der Waals surface area contributed by atoms with E-state index in [1.165, 1.54) is 37.1 Å². The Morgan fingerprint density at radius 2 is 1.32 bits per heavy atom. The Hall–Kier alpha value is -0.900. The number of nitrogens with zero attached hydrogens (tertiary/aromatic N) is 1. The highest BCUT2D eigenvalue weighted by Gasteiger charge is 2.53. The van der Waals surface area contributed by atoms with E-state index in [9.17, 15) is 9.59 Å². The van der Waals surface area contributed by atoms with Crippen molar-refractivity contribution in [2.45, 2.75) is 76.7 Å². The van der Waals surface area contributed by atoms with Crippen LogP contribution in [0, 0.1) is 23.7 Å². The Bertz CT molecular complexity index is 428. The van der Waals surface area contributed by atoms with E-state index >= 15 is 0 Å². The van der Waals surface area contributed by atoms with Gasteiger partial charge < -0.3 is 0 Å². The van der Waals surface area contributed by atoms with Crippen LogP contribution in [0.3, 0.4) is 0 Å². The van der Waals surface area contributed by atoms with Crippen molar-refractivity contribution in [3.63, 3.8) is 0 Å². The molecule has 0 radical (unpaired) electrons. The lowest BCUT2D eigenvalue weighted by Crippen LogP contribution is -2.63. The Morgan fingerprint density at radius 3 is 1.91 bits per heavy atom. The van der Waals surface area contributed by atoms with E-state index in [2.05, 4.69) is 5.43 Å². The molecule has 0 aromatic heterocycles. The maximum atomic E-state index is 12.9. The van der Waals surface area contributed by atoms with Gasteiger partial charge in [-0.15, -0.1) is 0 Å². The molecule has 1 aliphatic heterocycles. The van der Waals surface area contributed by atoms with Crippen LogP contribution in [0.1, 0.15) is 70.6 Å². The van der Waals surface area contributed by atoms with Crippen molar-refractivity contribution in [3.8, 4) is 0 Å². The summed E-state index contributed by atoms with van der Waals surface area (Å²) >= 11 is 0. The van der Waals surface area contributed by atoms with Gasteiger partial charge in [-0.05, 0) is 37.5 Å². The summed E-state index contributed by atoms with van der Waals surface area (Å²) in [5.41, 5.74) is 3.33. The summed E-state index contributed by atoms with van der Waals surface area (Å²) in [6.07, 6.45) is 12.7. The Balaban J connectivity index is 1.55. The molecule has 1 heterocycles. The van der Waals surface area contributed by atoms with Crippen LogP contribution in [-0.2, 0) is 9.59 Å². The molecule has 0 aromatic rings. The van der Waals surface area contributed by atoms with Gasteiger partial charge in [-0.1, -0.05) is 44.9 Å². The predicted molar refractivity (Wildman–Crippen MR) is 83.5 cm³/mol. The SMILES string of the molecule is O=C1[C@@H]2CCCC3CCC[C@@H](C(=O)N1NC1CCCCC1)C32. The lowest BCUT2D eigenvalue weighted by molar-refractivity contribution is -0.172. The molecule has 2 amide bonds. The summed E-state index contributed by atoms with van der Waals surface area (Å²) in [5, 5.41) is 1.47. The van der Waals surface area contributed by atoms with Crippen molar-refractivity contribution in [2.24, 2.45) is 23.7 Å². The molecule has 4 nitrogen and oxygen atoms in total. The molecule has 4 fully saturated rings. The van der Waals surface area contributed by atoms with E-state index in [0.29, 0.717) is 17.9 Å². The standard InChI is InChI=1S/C18H28N2O2/c21-17-14-10-4-6-12-7-5-11-15(16(12)14)18(22)20(17)19-13-8-2-1-3-9-13/h12-16,19H,1-11H2/t12?,14-,15-,16?/m1/s1. The van der Waals surface area contributed by atoms with Crippen molar-refractivity contribution in [2.75, 3.05) is 0 Å². The molecule has 0 aromatic carbocycles. The van der Waals surface area contributed by atoms with Crippen LogP contribution in [0.2, 0.25) is 0 Å². The van der Waals surface area contributed by atoms with Gasteiger partial charge in [0.05, 0.1) is 0 Å². The lowest BCUT2D eigenvalue weighted by atomic mass is 9.59. The van der Waals surface area contributed by atoms with Crippen LogP contribution in [0.5, 0.6) is 0 Å². The smallest absolute Gasteiger partial charge is 0.247 e. The highest BCUT2D eigenvalue weighted by atomic mass is 16.2. The van der Waals surface area contributed by atoms with Gasteiger partial charge in [0.2, 0.25) is 11.8 Å². The summed E-state index contributed by atoms with van der Waals surface area (Å²) in [6.45, 7) is 0. The van der Waals surface area contributed by atoms with Crippen LogP contribution in [0.4, 0.5) is 0 Å². The van der Waals surface area contributed by atoms with Crippen molar-refractivity contribution in [1.82, 2.24) is 10.4 Å². The van der Waals surface area contributed by atoms with Gasteiger partial charge >= 0.3 is 0 Å². The molecule has 3 saturated carbocycles. The predicted octanol–water partition coefficient (Wildman–Crippen LogP) is 3.03. The molecule has 4 rings (SSSR count). The molecule has 0 spiro atoms. The normalized spacial score (nSPS) is 39.7. The molecule has 0 bridgehead atoms. The number of nitrogens with one attached hydrogen (secondary N) is 1. The number of rotatable bonds is 2. The number of imide groups is 1. The van der Waals surface area contributed by atoms with Gasteiger partial charge in [0.1, 0.15) is 0 Å². The number of carbonyl (C=O) groups is 2. The van der Waals surface area contributed by atoms with Crippen LogP contribution in [-0.4, -0.2) is 22.9 Å². The topological polar surface area (TPSA) is 49.4 Å². The summed E-state index contributed by atoms with van der Waals surface area (Å²) in [4.78, 5) is 25.8. The third-order valence-electron chi connectivity index (χ3n) is 6.65. The Labute approximate surface area is 133 Å². The van der Waals surface area contributed by atoms with Crippen LogP contribution >= 0.6 is 0 Å². The average Bonchev–Trinajstić information content (AvgIpc) is 2.57. The molecule has 4 aliphatic rings. The van der Waals surface area contributed by atoms with Crippen molar-refractivity contribution >= 4 is 11.8 Å². The minimum absolute atomic E-state index is 0.0865. The van der Waals surface area contributed by atoms with Gasteiger partial charge in [-0.3, -0.25) is 9.59 Å². The summed E-state index contributed by atoms with van der Waals surface area (Å²) in [5.74, 6) is 1.37. The Morgan fingerprint density at radius 1 is 0.727 bits per heavy atom. The van der Waals surface area contributed by atoms with E-state index in [-0.39, 0.29) is 23.7 Å². The first-order valence-electron chi connectivity index (χ1n) is 9.39. The molecular weight excluding hydrogens is 276 g/mol. The van der Waals surface area contributed by atoms with E-state index in [1.807, 2.05) is 0 Å². The summed E-state index contributed by atoms with van der Waals surface area (Å²) in [6, 6.07) is 0.321. The molecular formula is C18H28N2O2. The Kier molecular flexibility index (Phi) is 3.97. The largest absolute Gasteiger partial charge is 0.273 e. The lowest BCUT2D eigenvalue weighted by Gasteiger charge is -2.50. The molecule has 22 heavy (non-hydrogen) atoms. The average molecular weight is 304 g/mol. The van der Waals surface area contributed by atoms with Gasteiger partial charge in [-0.2, -0.15) is 0 Å². The monoisotopic (exact) mass is 304 g/mol. The van der Waals surface area contributed by atoms with Gasteiger partial charge in [0.25, 0.3) is 0 Å². The van der Waals surface area contributed by atoms with Gasteiger partial charge in [0.15, 0.2) is 0 Å². The van der Waals surface area contributed by atoms with E-state index < -0.39 is 0 Å². The molecule has 1 saturated heterocycles. The highest BCUT2D eigenvalue weighted by molar-refractivity contribution is 6.00. The first-order valence-corrected chi connectivity index (χ1v) is 9.39. The zero-order valence-corrected chi connectivity index (χ0v) is 13.4. The first-order chi connectivity index (χ1) is 10.8. The summed E-state index contributed by atoms with van der Waals surface area (Å²) < 4.78 is 0. The molecule has 122 valence electrons. The number of hydrazine groups is 1. The quantitative estimate of drug-likeness (QED) is 0.798. The minimum atomic E-state index is 0.0865. The third kappa shape index (κ3) is 2.40. The number of piperidine rings is 1. The molecule has 1 N–H and O–H groups in total. The molecule has 3 aliphatic carbocycles. The zero-order valence-electron chi connectivity index (χ0n) is 13.4.